The first-order chi connectivity index (χ1) is 20.7. The fourth-order valence-electron chi connectivity index (χ4n) is 6.61. The van der Waals surface area contributed by atoms with E-state index in [0.29, 0.717) is 12.6 Å². The van der Waals surface area contributed by atoms with Crippen LogP contribution in [0.4, 0.5) is 0 Å². The fourth-order valence-corrected chi connectivity index (χ4v) is 6.61. The molecule has 4 nitrogen and oxygen atoms in total. The smallest absolute Gasteiger partial charge is 0.217 e. The average molecular weight is 551 g/mol. The van der Waals surface area contributed by atoms with Crippen molar-refractivity contribution < 1.29 is 9.47 Å². The summed E-state index contributed by atoms with van der Waals surface area (Å²) in [5, 5.41) is 3.50. The van der Waals surface area contributed by atoms with E-state index in [-0.39, 0.29) is 5.92 Å². The molecule has 1 fully saturated rings. The third kappa shape index (κ3) is 4.63. The molecule has 42 heavy (non-hydrogen) atoms. The highest BCUT2D eigenvalue weighted by atomic mass is 16.5. The number of benzene rings is 5. The molecule has 0 spiro atoms. The molecule has 0 bridgehead atoms. The van der Waals surface area contributed by atoms with Gasteiger partial charge in [-0.3, -0.25) is 4.90 Å². The summed E-state index contributed by atoms with van der Waals surface area (Å²) < 4.78 is 13.2. The molecular formula is C38H34N2O2. The fraction of sp³-hybridized carbons (Fsp3) is 0.184. The molecule has 1 aliphatic heterocycles. The lowest BCUT2D eigenvalue weighted by atomic mass is 9.70. The van der Waals surface area contributed by atoms with Crippen LogP contribution in [0.25, 0.3) is 32.8 Å². The van der Waals surface area contributed by atoms with Crippen LogP contribution >= 0.6 is 0 Å². The molecule has 1 saturated heterocycles. The van der Waals surface area contributed by atoms with Gasteiger partial charge in [-0.1, -0.05) is 109 Å². The highest BCUT2D eigenvalue weighted by Gasteiger charge is 2.47. The van der Waals surface area contributed by atoms with Gasteiger partial charge in [0.1, 0.15) is 12.3 Å². The molecule has 2 unspecified atom stereocenters. The molecule has 0 radical (unpaired) electrons. The Labute approximate surface area is 247 Å². The number of hydrogen-bond donors (Lipinski definition) is 0. The maximum atomic E-state index is 7.09. The Hall–Kier alpha value is -4.51. The Bertz CT molecular complexity index is 1840. The van der Waals surface area contributed by atoms with Gasteiger partial charge in [0.15, 0.2) is 0 Å². The summed E-state index contributed by atoms with van der Waals surface area (Å²) in [6, 6.07) is 45.2. The zero-order valence-corrected chi connectivity index (χ0v) is 24.0. The molecule has 0 amide bonds. The molecule has 0 N–H and O–H groups in total. The van der Waals surface area contributed by atoms with E-state index in [0.717, 1.165) is 35.0 Å². The second kappa shape index (κ2) is 11.1. The largest absolute Gasteiger partial charge is 0.481 e. The summed E-state index contributed by atoms with van der Waals surface area (Å²) in [5.74, 6) is 0.469. The van der Waals surface area contributed by atoms with Crippen molar-refractivity contribution >= 4 is 21.7 Å². The minimum absolute atomic E-state index is 0.162. The van der Waals surface area contributed by atoms with E-state index in [1.165, 1.54) is 27.5 Å². The van der Waals surface area contributed by atoms with E-state index in [9.17, 15) is 0 Å². The van der Waals surface area contributed by atoms with Gasteiger partial charge >= 0.3 is 0 Å². The molecule has 5 aromatic carbocycles. The summed E-state index contributed by atoms with van der Waals surface area (Å²) in [4.78, 5) is 7.33. The summed E-state index contributed by atoms with van der Waals surface area (Å²) in [6.07, 6.45) is 0.822. The molecule has 1 aromatic heterocycles. The van der Waals surface area contributed by atoms with Gasteiger partial charge in [-0.2, -0.15) is 0 Å². The standard InChI is InChI=1S/C38H34N2O2/c1-40-23-22-38(42-26-40,34-19-11-17-28-14-9-10-18-32(28)34)36(29-15-7-4-8-16-29)33-25-31-24-30(27-12-5-3-6-13-27)20-21-35(31)39-37(33)41-2/h3-21,24-25,36H,22-23,26H2,1-2H3. The zero-order valence-electron chi connectivity index (χ0n) is 24.0. The van der Waals surface area contributed by atoms with Gasteiger partial charge < -0.3 is 9.47 Å². The van der Waals surface area contributed by atoms with Gasteiger partial charge in [-0.25, -0.2) is 4.98 Å². The molecule has 2 atom stereocenters. The number of rotatable bonds is 6. The number of nitrogens with zero attached hydrogens (tertiary/aromatic N) is 2. The summed E-state index contributed by atoms with van der Waals surface area (Å²) >= 11 is 0. The molecule has 208 valence electrons. The summed E-state index contributed by atoms with van der Waals surface area (Å²) in [5.41, 5.74) is 6.01. The van der Waals surface area contributed by atoms with Gasteiger partial charge in [-0.15, -0.1) is 0 Å². The number of methoxy groups -OCH3 is 1. The van der Waals surface area contributed by atoms with Crippen molar-refractivity contribution in [3.05, 3.63) is 144 Å². The van der Waals surface area contributed by atoms with Crippen LogP contribution in [0.2, 0.25) is 0 Å². The Kier molecular flexibility index (Phi) is 6.94. The highest BCUT2D eigenvalue weighted by molar-refractivity contribution is 5.88. The molecule has 2 heterocycles. The molecule has 7 rings (SSSR count). The van der Waals surface area contributed by atoms with Crippen LogP contribution in [0.5, 0.6) is 5.88 Å². The van der Waals surface area contributed by atoms with Gasteiger partial charge in [0, 0.05) is 23.4 Å². The normalized spacial score (nSPS) is 18.2. The van der Waals surface area contributed by atoms with Gasteiger partial charge in [0.25, 0.3) is 0 Å². The molecule has 0 saturated carbocycles. The van der Waals surface area contributed by atoms with Crippen molar-refractivity contribution in [2.24, 2.45) is 0 Å². The van der Waals surface area contributed by atoms with Crippen LogP contribution in [0, 0.1) is 0 Å². The second-order valence-electron chi connectivity index (χ2n) is 11.2. The minimum Gasteiger partial charge on any atom is -0.481 e. The molecule has 6 aromatic rings. The van der Waals surface area contributed by atoms with E-state index in [1.54, 1.807) is 7.11 Å². The summed E-state index contributed by atoms with van der Waals surface area (Å²) in [6.45, 7) is 1.45. The predicted octanol–water partition coefficient (Wildman–Crippen LogP) is 8.40. The van der Waals surface area contributed by atoms with E-state index >= 15 is 0 Å². The van der Waals surface area contributed by atoms with Crippen LogP contribution in [-0.4, -0.2) is 37.3 Å². The lowest BCUT2D eigenvalue weighted by molar-refractivity contribution is -0.145. The van der Waals surface area contributed by atoms with Crippen molar-refractivity contribution in [3.8, 4) is 17.0 Å². The Balaban J connectivity index is 1.51. The average Bonchev–Trinajstić information content (AvgIpc) is 3.06. The zero-order chi connectivity index (χ0) is 28.5. The van der Waals surface area contributed by atoms with Crippen LogP contribution in [0.1, 0.15) is 29.0 Å². The van der Waals surface area contributed by atoms with E-state index in [4.69, 9.17) is 14.5 Å². The highest BCUT2D eigenvalue weighted by Crippen LogP contribution is 2.52. The van der Waals surface area contributed by atoms with Crippen molar-refractivity contribution in [1.29, 1.82) is 0 Å². The molecular weight excluding hydrogens is 516 g/mol. The predicted molar refractivity (Wildman–Crippen MR) is 171 cm³/mol. The minimum atomic E-state index is -0.644. The molecule has 0 aliphatic carbocycles. The van der Waals surface area contributed by atoms with Crippen molar-refractivity contribution in [1.82, 2.24) is 9.88 Å². The Morgan fingerprint density at radius 1 is 0.762 bits per heavy atom. The topological polar surface area (TPSA) is 34.6 Å². The van der Waals surface area contributed by atoms with E-state index in [1.807, 2.05) is 6.07 Å². The van der Waals surface area contributed by atoms with E-state index in [2.05, 4.69) is 133 Å². The van der Waals surface area contributed by atoms with Gasteiger partial charge in [0.2, 0.25) is 5.88 Å². The lowest BCUT2D eigenvalue weighted by Crippen LogP contribution is -2.47. The van der Waals surface area contributed by atoms with Crippen LogP contribution in [0.15, 0.2) is 127 Å². The van der Waals surface area contributed by atoms with Crippen molar-refractivity contribution in [3.63, 3.8) is 0 Å². The number of aromatic nitrogens is 1. The SMILES string of the molecule is COc1nc2ccc(-c3ccccc3)cc2cc1C(c1ccccc1)C1(c2cccc3ccccc23)CCN(C)CO1. The number of ether oxygens (including phenoxy) is 2. The Morgan fingerprint density at radius 2 is 1.50 bits per heavy atom. The third-order valence-corrected chi connectivity index (χ3v) is 8.67. The van der Waals surface area contributed by atoms with Crippen LogP contribution < -0.4 is 4.74 Å². The van der Waals surface area contributed by atoms with Crippen LogP contribution in [-0.2, 0) is 10.3 Å². The first-order valence-electron chi connectivity index (χ1n) is 14.6. The maximum absolute atomic E-state index is 7.09. The van der Waals surface area contributed by atoms with Crippen molar-refractivity contribution in [2.75, 3.05) is 27.4 Å². The van der Waals surface area contributed by atoms with Gasteiger partial charge in [0.05, 0.1) is 12.6 Å². The summed E-state index contributed by atoms with van der Waals surface area (Å²) in [7, 11) is 3.84. The number of hydrogen-bond acceptors (Lipinski definition) is 4. The maximum Gasteiger partial charge on any atom is 0.217 e. The lowest BCUT2D eigenvalue weighted by Gasteiger charge is -2.47. The number of fused-ring (bicyclic) bond motifs is 2. The Morgan fingerprint density at radius 3 is 2.26 bits per heavy atom. The monoisotopic (exact) mass is 550 g/mol. The molecule has 4 heteroatoms. The first kappa shape index (κ1) is 26.4. The third-order valence-electron chi connectivity index (χ3n) is 8.67. The quantitative estimate of drug-likeness (QED) is 0.209. The first-order valence-corrected chi connectivity index (χ1v) is 14.6. The molecule has 1 aliphatic rings. The second-order valence-corrected chi connectivity index (χ2v) is 11.2. The van der Waals surface area contributed by atoms with E-state index < -0.39 is 5.60 Å². The van der Waals surface area contributed by atoms with Gasteiger partial charge in [-0.05, 0) is 64.7 Å². The van der Waals surface area contributed by atoms with Crippen LogP contribution in [0.3, 0.4) is 0 Å². The number of pyridine rings is 1. The van der Waals surface area contributed by atoms with Crippen molar-refractivity contribution in [2.45, 2.75) is 17.9 Å².